The van der Waals surface area contributed by atoms with Crippen molar-refractivity contribution in [1.82, 2.24) is 0 Å². The van der Waals surface area contributed by atoms with Gasteiger partial charge in [0.15, 0.2) is 0 Å². The van der Waals surface area contributed by atoms with Gasteiger partial charge in [-0.2, -0.15) is 0 Å². The number of ether oxygens (including phenoxy) is 1. The van der Waals surface area contributed by atoms with Crippen molar-refractivity contribution in [3.8, 4) is 0 Å². The summed E-state index contributed by atoms with van der Waals surface area (Å²) in [6.45, 7) is 5.12. The van der Waals surface area contributed by atoms with E-state index >= 15 is 0 Å². The summed E-state index contributed by atoms with van der Waals surface area (Å²) in [5.74, 6) is -2.14. The van der Waals surface area contributed by atoms with Crippen LogP contribution in [0, 0.1) is 5.92 Å². The Morgan fingerprint density at radius 1 is 1.29 bits per heavy atom. The van der Waals surface area contributed by atoms with Crippen LogP contribution in [-0.2, 0) is 19.1 Å². The summed E-state index contributed by atoms with van der Waals surface area (Å²) in [6.07, 6.45) is -0.351. The molecule has 0 N–H and O–H groups in total. The van der Waals surface area contributed by atoms with Gasteiger partial charge >= 0.3 is 35.5 Å². The summed E-state index contributed by atoms with van der Waals surface area (Å²) in [6, 6.07) is 0. The number of hydrogen-bond acceptors (Lipinski definition) is 4. The van der Waals surface area contributed by atoms with E-state index in [0.29, 0.717) is 0 Å². The molecule has 0 bridgehead atoms. The van der Waals surface area contributed by atoms with Crippen molar-refractivity contribution in [2.45, 2.75) is 27.2 Å². The first-order valence-electron chi connectivity index (χ1n) is 4.21. The molecule has 0 aromatic rings. The number of ketones is 2. The van der Waals surface area contributed by atoms with E-state index in [4.69, 9.17) is 0 Å². The molecule has 0 aliphatic rings. The molecule has 0 fully saturated rings. The molecule has 0 saturated carbocycles. The normalized spacial score (nSPS) is 9.14. The Hall–Kier alpha value is -0.190. The molecule has 4 nitrogen and oxygen atoms in total. The third-order valence-corrected chi connectivity index (χ3v) is 1.48. The van der Waals surface area contributed by atoms with E-state index in [2.05, 4.69) is 4.74 Å². The second-order valence-electron chi connectivity index (χ2n) is 2.94. The van der Waals surface area contributed by atoms with Crippen LogP contribution in [0.25, 0.3) is 0 Å². The molecular formula is C9H15NaO4. The molecule has 0 amide bonds. The summed E-state index contributed by atoms with van der Waals surface area (Å²) >= 11 is 0. The van der Waals surface area contributed by atoms with E-state index in [1.165, 1.54) is 0 Å². The SMILES string of the molecule is CCOC(=O)C(=O)CC(=O)C(C)C.[H-].[Na+]. The molecular weight excluding hydrogens is 195 g/mol. The number of rotatable bonds is 5. The van der Waals surface area contributed by atoms with Crippen molar-refractivity contribution in [3.63, 3.8) is 0 Å². The van der Waals surface area contributed by atoms with Crippen molar-refractivity contribution in [2.24, 2.45) is 5.92 Å². The molecule has 0 radical (unpaired) electrons. The Labute approximate surface area is 107 Å². The number of hydrogen-bond donors (Lipinski definition) is 0. The first-order valence-corrected chi connectivity index (χ1v) is 4.21. The van der Waals surface area contributed by atoms with Crippen LogP contribution in [0.3, 0.4) is 0 Å². The minimum absolute atomic E-state index is 0. The summed E-state index contributed by atoms with van der Waals surface area (Å²) < 4.78 is 4.44. The van der Waals surface area contributed by atoms with Crippen LogP contribution in [-0.4, -0.2) is 24.1 Å². The first kappa shape index (κ1) is 16.2. The third kappa shape index (κ3) is 6.29. The quantitative estimate of drug-likeness (QED) is 0.225. The summed E-state index contributed by atoms with van der Waals surface area (Å²) in [7, 11) is 0. The minimum Gasteiger partial charge on any atom is -1.00 e. The average molecular weight is 210 g/mol. The zero-order valence-corrected chi connectivity index (χ0v) is 11.1. The molecule has 0 aromatic heterocycles. The van der Waals surface area contributed by atoms with E-state index in [-0.39, 0.29) is 55.7 Å². The molecule has 0 aromatic carbocycles. The molecule has 0 aliphatic carbocycles. The van der Waals surface area contributed by atoms with E-state index in [1.54, 1.807) is 20.8 Å². The van der Waals surface area contributed by atoms with Crippen LogP contribution in [0.2, 0.25) is 0 Å². The maximum atomic E-state index is 11.0. The fraction of sp³-hybridized carbons (Fsp3) is 0.667. The van der Waals surface area contributed by atoms with Gasteiger partial charge in [-0.25, -0.2) is 4.79 Å². The van der Waals surface area contributed by atoms with E-state index in [1.807, 2.05) is 0 Å². The summed E-state index contributed by atoms with van der Waals surface area (Å²) in [4.78, 5) is 32.8. The number of carbonyl (C=O) groups excluding carboxylic acids is 3. The molecule has 0 heterocycles. The predicted molar refractivity (Wildman–Crippen MR) is 47.2 cm³/mol. The Balaban J connectivity index is -0.000000720. The molecule has 0 spiro atoms. The molecule has 0 saturated heterocycles. The summed E-state index contributed by atoms with van der Waals surface area (Å²) in [5.41, 5.74) is 0. The standard InChI is InChI=1S/C9H14O4.Na.H/c1-4-13-9(12)8(11)5-7(10)6(2)3;;/h6H,4-5H2,1-3H3;;/q;+1;-1. The molecule has 0 unspecified atom stereocenters. The zero-order valence-electron chi connectivity index (χ0n) is 10.1. The van der Waals surface area contributed by atoms with Gasteiger partial charge in [0.05, 0.1) is 13.0 Å². The predicted octanol–water partition coefficient (Wildman–Crippen LogP) is -2.15. The monoisotopic (exact) mass is 210 g/mol. The largest absolute Gasteiger partial charge is 1.00 e. The Morgan fingerprint density at radius 3 is 2.14 bits per heavy atom. The maximum Gasteiger partial charge on any atom is 1.00 e. The second-order valence-corrected chi connectivity index (χ2v) is 2.94. The average Bonchev–Trinajstić information content (AvgIpc) is 2.04. The third-order valence-electron chi connectivity index (χ3n) is 1.48. The van der Waals surface area contributed by atoms with Gasteiger partial charge in [0.1, 0.15) is 5.78 Å². The van der Waals surface area contributed by atoms with Crippen LogP contribution in [0.5, 0.6) is 0 Å². The van der Waals surface area contributed by atoms with Gasteiger partial charge in [-0.3, -0.25) is 9.59 Å². The van der Waals surface area contributed by atoms with E-state index < -0.39 is 11.8 Å². The van der Waals surface area contributed by atoms with Gasteiger partial charge < -0.3 is 6.16 Å². The van der Waals surface area contributed by atoms with Crippen LogP contribution in [0.4, 0.5) is 0 Å². The van der Waals surface area contributed by atoms with Crippen molar-refractivity contribution >= 4 is 17.5 Å². The van der Waals surface area contributed by atoms with Crippen LogP contribution in [0.15, 0.2) is 0 Å². The number of carbonyl (C=O) groups is 3. The van der Waals surface area contributed by atoms with Crippen molar-refractivity contribution in [3.05, 3.63) is 0 Å². The second kappa shape index (κ2) is 8.15. The van der Waals surface area contributed by atoms with Crippen molar-refractivity contribution < 1.29 is 50.1 Å². The van der Waals surface area contributed by atoms with Gasteiger partial charge in [-0.15, -0.1) is 0 Å². The van der Waals surface area contributed by atoms with Crippen molar-refractivity contribution in [1.29, 1.82) is 0 Å². The minimum atomic E-state index is -0.920. The Kier molecular flexibility index (Phi) is 9.45. The maximum absolute atomic E-state index is 11.0. The summed E-state index contributed by atoms with van der Waals surface area (Å²) in [5, 5.41) is 0. The van der Waals surface area contributed by atoms with Crippen molar-refractivity contribution in [2.75, 3.05) is 6.61 Å². The van der Waals surface area contributed by atoms with Gasteiger partial charge in [0.2, 0.25) is 5.78 Å². The van der Waals surface area contributed by atoms with Crippen LogP contribution in [0.1, 0.15) is 28.6 Å². The van der Waals surface area contributed by atoms with E-state index in [9.17, 15) is 14.4 Å². The Morgan fingerprint density at radius 2 is 1.79 bits per heavy atom. The zero-order chi connectivity index (χ0) is 10.4. The van der Waals surface area contributed by atoms with Gasteiger partial charge in [-0.05, 0) is 6.92 Å². The number of Topliss-reactive ketones (excluding diaryl/α,β-unsaturated/α-hetero) is 2. The molecule has 0 atom stereocenters. The number of esters is 1. The molecule has 5 heteroatoms. The smallest absolute Gasteiger partial charge is 1.00 e. The molecule has 14 heavy (non-hydrogen) atoms. The molecule has 0 rings (SSSR count). The molecule has 0 aliphatic heterocycles. The first-order chi connectivity index (χ1) is 5.99. The van der Waals surface area contributed by atoms with Crippen LogP contribution >= 0.6 is 0 Å². The van der Waals surface area contributed by atoms with Crippen LogP contribution < -0.4 is 29.6 Å². The molecule has 76 valence electrons. The Bertz CT molecular complexity index is 228. The van der Waals surface area contributed by atoms with Gasteiger partial charge in [0.25, 0.3) is 0 Å². The van der Waals surface area contributed by atoms with Gasteiger partial charge in [-0.1, -0.05) is 13.8 Å². The van der Waals surface area contributed by atoms with E-state index in [0.717, 1.165) is 0 Å². The fourth-order valence-corrected chi connectivity index (χ4v) is 0.646. The topological polar surface area (TPSA) is 60.4 Å². The van der Waals surface area contributed by atoms with Gasteiger partial charge in [0, 0.05) is 5.92 Å². The fourth-order valence-electron chi connectivity index (χ4n) is 0.646.